The first-order valence-electron chi connectivity index (χ1n) is 7.27. The topological polar surface area (TPSA) is 75.5 Å². The Bertz CT molecular complexity index is 714. The van der Waals surface area contributed by atoms with E-state index in [9.17, 15) is 4.79 Å². The van der Waals surface area contributed by atoms with Crippen LogP contribution in [0.3, 0.4) is 0 Å². The van der Waals surface area contributed by atoms with Crippen LogP contribution in [-0.2, 0) is 4.74 Å². The molecule has 0 bridgehead atoms. The van der Waals surface area contributed by atoms with E-state index < -0.39 is 5.97 Å². The number of ether oxygens (including phenoxy) is 2. The largest absolute Gasteiger partial charge is 0.423 e. The first-order valence-corrected chi connectivity index (χ1v) is 7.27. The number of rotatable bonds is 3. The highest BCUT2D eigenvalue weighted by Gasteiger charge is 2.14. The molecule has 1 aliphatic rings. The summed E-state index contributed by atoms with van der Waals surface area (Å²) in [5, 5.41) is 8.74. The number of carbonyl (C=O) groups is 1. The standard InChI is InChI=1S/C17H15N3O3/c18-11-13-1-4-15(5-2-13)23-17(21)14-3-6-16(19-12-14)20-7-9-22-10-8-20/h1-6,12H,7-10H2. The predicted molar refractivity (Wildman–Crippen MR) is 83.4 cm³/mol. The summed E-state index contributed by atoms with van der Waals surface area (Å²) in [6.45, 7) is 2.96. The molecule has 3 rings (SSSR count). The molecule has 1 aliphatic heterocycles. The lowest BCUT2D eigenvalue weighted by molar-refractivity contribution is 0.0734. The van der Waals surface area contributed by atoms with Gasteiger partial charge in [-0.05, 0) is 36.4 Å². The number of aromatic nitrogens is 1. The van der Waals surface area contributed by atoms with Crippen LogP contribution < -0.4 is 9.64 Å². The van der Waals surface area contributed by atoms with Gasteiger partial charge >= 0.3 is 5.97 Å². The number of hydrogen-bond acceptors (Lipinski definition) is 6. The second-order valence-electron chi connectivity index (χ2n) is 5.03. The number of benzene rings is 1. The Kier molecular flexibility index (Phi) is 4.50. The van der Waals surface area contributed by atoms with Crippen molar-refractivity contribution in [2.75, 3.05) is 31.2 Å². The molecule has 1 aromatic heterocycles. The first-order chi connectivity index (χ1) is 11.3. The highest BCUT2D eigenvalue weighted by Crippen LogP contribution is 2.16. The van der Waals surface area contributed by atoms with Crippen molar-refractivity contribution >= 4 is 11.8 Å². The van der Waals surface area contributed by atoms with Crippen molar-refractivity contribution in [2.24, 2.45) is 0 Å². The summed E-state index contributed by atoms with van der Waals surface area (Å²) >= 11 is 0. The minimum atomic E-state index is -0.476. The van der Waals surface area contributed by atoms with Crippen LogP contribution in [0.2, 0.25) is 0 Å². The molecule has 0 aliphatic carbocycles. The Morgan fingerprint density at radius 2 is 1.91 bits per heavy atom. The second kappa shape index (κ2) is 6.90. The zero-order valence-corrected chi connectivity index (χ0v) is 12.4. The Morgan fingerprint density at radius 3 is 2.52 bits per heavy atom. The van der Waals surface area contributed by atoms with Crippen LogP contribution in [0.15, 0.2) is 42.6 Å². The fraction of sp³-hybridized carbons (Fsp3) is 0.235. The van der Waals surface area contributed by atoms with E-state index in [-0.39, 0.29) is 0 Å². The number of hydrogen-bond donors (Lipinski definition) is 0. The highest BCUT2D eigenvalue weighted by molar-refractivity contribution is 5.90. The van der Waals surface area contributed by atoms with Gasteiger partial charge in [0.05, 0.1) is 30.4 Å². The Balaban J connectivity index is 1.66. The summed E-state index contributed by atoms with van der Waals surface area (Å²) in [6, 6.07) is 11.9. The molecule has 0 unspecified atom stereocenters. The highest BCUT2D eigenvalue weighted by atomic mass is 16.5. The number of morpholine rings is 1. The minimum absolute atomic E-state index is 0.381. The summed E-state index contributed by atoms with van der Waals surface area (Å²) < 4.78 is 10.6. The molecule has 1 fully saturated rings. The lowest BCUT2D eigenvalue weighted by Crippen LogP contribution is -2.36. The molecule has 0 saturated carbocycles. The van der Waals surface area contributed by atoms with Crippen LogP contribution in [0, 0.1) is 11.3 Å². The van der Waals surface area contributed by atoms with Crippen LogP contribution in [0.5, 0.6) is 5.75 Å². The van der Waals surface area contributed by atoms with Crippen LogP contribution in [0.4, 0.5) is 5.82 Å². The van der Waals surface area contributed by atoms with E-state index in [1.165, 1.54) is 6.20 Å². The average Bonchev–Trinajstić information content (AvgIpc) is 2.63. The predicted octanol–water partition coefficient (Wildman–Crippen LogP) is 2.01. The molecule has 0 amide bonds. The number of carbonyl (C=O) groups excluding carboxylic acids is 1. The molecule has 0 radical (unpaired) electrons. The van der Waals surface area contributed by atoms with E-state index in [0.717, 1.165) is 18.9 Å². The van der Waals surface area contributed by atoms with E-state index in [1.54, 1.807) is 36.4 Å². The third kappa shape index (κ3) is 3.65. The fourth-order valence-electron chi connectivity index (χ4n) is 2.25. The van der Waals surface area contributed by atoms with Crippen LogP contribution in [-0.4, -0.2) is 37.3 Å². The second-order valence-corrected chi connectivity index (χ2v) is 5.03. The zero-order valence-electron chi connectivity index (χ0n) is 12.4. The third-order valence-corrected chi connectivity index (χ3v) is 3.51. The van der Waals surface area contributed by atoms with E-state index in [0.29, 0.717) is 30.1 Å². The summed E-state index contributed by atoms with van der Waals surface area (Å²) in [6.07, 6.45) is 1.51. The van der Waals surface area contributed by atoms with E-state index >= 15 is 0 Å². The van der Waals surface area contributed by atoms with E-state index in [4.69, 9.17) is 14.7 Å². The molecule has 6 nitrogen and oxygen atoms in total. The van der Waals surface area contributed by atoms with Crippen molar-refractivity contribution in [3.8, 4) is 11.8 Å². The molecule has 0 spiro atoms. The van der Waals surface area contributed by atoms with Crippen molar-refractivity contribution in [1.29, 1.82) is 5.26 Å². The van der Waals surface area contributed by atoms with Crippen molar-refractivity contribution in [2.45, 2.75) is 0 Å². The minimum Gasteiger partial charge on any atom is -0.423 e. The quantitative estimate of drug-likeness (QED) is 0.638. The number of esters is 1. The van der Waals surface area contributed by atoms with Gasteiger partial charge in [-0.2, -0.15) is 5.26 Å². The van der Waals surface area contributed by atoms with Crippen molar-refractivity contribution in [1.82, 2.24) is 4.98 Å². The van der Waals surface area contributed by atoms with Gasteiger partial charge in [0.25, 0.3) is 0 Å². The molecule has 6 heteroatoms. The van der Waals surface area contributed by atoms with Crippen LogP contribution >= 0.6 is 0 Å². The Morgan fingerprint density at radius 1 is 1.17 bits per heavy atom. The molecule has 0 atom stereocenters. The summed E-state index contributed by atoms with van der Waals surface area (Å²) in [5.41, 5.74) is 0.896. The molecular weight excluding hydrogens is 294 g/mol. The first kappa shape index (κ1) is 15.0. The van der Waals surface area contributed by atoms with Crippen LogP contribution in [0.1, 0.15) is 15.9 Å². The summed E-state index contributed by atoms with van der Waals surface area (Å²) in [5.74, 6) is 0.741. The molecule has 1 aromatic carbocycles. The van der Waals surface area contributed by atoms with Gasteiger partial charge in [0, 0.05) is 19.3 Å². The van der Waals surface area contributed by atoms with Gasteiger partial charge < -0.3 is 14.4 Å². The molecular formula is C17H15N3O3. The monoisotopic (exact) mass is 309 g/mol. The van der Waals surface area contributed by atoms with Gasteiger partial charge in [-0.1, -0.05) is 0 Å². The maximum atomic E-state index is 12.1. The third-order valence-electron chi connectivity index (χ3n) is 3.51. The lowest BCUT2D eigenvalue weighted by atomic mass is 10.2. The summed E-state index contributed by atoms with van der Waals surface area (Å²) in [4.78, 5) is 18.5. The van der Waals surface area contributed by atoms with Gasteiger partial charge in [-0.15, -0.1) is 0 Å². The van der Waals surface area contributed by atoms with Crippen molar-refractivity contribution < 1.29 is 14.3 Å². The maximum Gasteiger partial charge on any atom is 0.345 e. The summed E-state index contributed by atoms with van der Waals surface area (Å²) in [7, 11) is 0. The van der Waals surface area contributed by atoms with Gasteiger partial charge in [-0.25, -0.2) is 9.78 Å². The zero-order chi connectivity index (χ0) is 16.1. The van der Waals surface area contributed by atoms with E-state index in [2.05, 4.69) is 9.88 Å². The molecule has 116 valence electrons. The maximum absolute atomic E-state index is 12.1. The van der Waals surface area contributed by atoms with Gasteiger partial charge in [0.15, 0.2) is 0 Å². The van der Waals surface area contributed by atoms with Gasteiger partial charge in [0.2, 0.25) is 0 Å². The smallest absolute Gasteiger partial charge is 0.345 e. The molecule has 2 aromatic rings. The van der Waals surface area contributed by atoms with Crippen LogP contribution in [0.25, 0.3) is 0 Å². The fourth-order valence-corrected chi connectivity index (χ4v) is 2.25. The van der Waals surface area contributed by atoms with E-state index in [1.807, 2.05) is 6.07 Å². The van der Waals surface area contributed by atoms with Gasteiger partial charge in [-0.3, -0.25) is 0 Å². The Labute approximate surface area is 133 Å². The average molecular weight is 309 g/mol. The number of pyridine rings is 1. The molecule has 2 heterocycles. The molecule has 0 N–H and O–H groups in total. The normalized spacial score (nSPS) is 14.1. The molecule has 1 saturated heterocycles. The Hall–Kier alpha value is -2.91. The van der Waals surface area contributed by atoms with Gasteiger partial charge in [0.1, 0.15) is 11.6 Å². The number of nitriles is 1. The SMILES string of the molecule is N#Cc1ccc(OC(=O)c2ccc(N3CCOCC3)nc2)cc1. The number of nitrogens with zero attached hydrogens (tertiary/aromatic N) is 3. The number of anilines is 1. The molecule has 23 heavy (non-hydrogen) atoms. The van der Waals surface area contributed by atoms with Crippen molar-refractivity contribution in [3.63, 3.8) is 0 Å². The van der Waals surface area contributed by atoms with Crippen molar-refractivity contribution in [3.05, 3.63) is 53.7 Å². The lowest BCUT2D eigenvalue weighted by Gasteiger charge is -2.27.